The molecule has 5 aliphatic carbocycles. The van der Waals surface area contributed by atoms with Crippen LogP contribution in [-0.2, 0) is 19.1 Å². The van der Waals surface area contributed by atoms with Crippen LogP contribution in [0.1, 0.15) is 126 Å². The van der Waals surface area contributed by atoms with Crippen LogP contribution in [-0.4, -0.2) is 28.4 Å². The molecule has 5 nitrogen and oxygen atoms in total. The van der Waals surface area contributed by atoms with Crippen LogP contribution < -0.4 is 0 Å². The molecule has 6 heteroatoms. The summed E-state index contributed by atoms with van der Waals surface area (Å²) in [5.74, 6) is 0.966. The summed E-state index contributed by atoms with van der Waals surface area (Å²) >= 11 is 5.76. The van der Waals surface area contributed by atoms with Gasteiger partial charge in [-0.2, -0.15) is 0 Å². The van der Waals surface area contributed by atoms with Gasteiger partial charge in [-0.05, 0) is 129 Å². The van der Waals surface area contributed by atoms with Gasteiger partial charge in [0.15, 0.2) is 0 Å². The minimum Gasteiger partial charge on any atom is -0.481 e. The van der Waals surface area contributed by atoms with Crippen molar-refractivity contribution in [3.63, 3.8) is 0 Å². The molecule has 10 atom stereocenters. The summed E-state index contributed by atoms with van der Waals surface area (Å²) in [5.41, 5.74) is -0.180. The molecule has 0 saturated heterocycles. The fraction of sp³-hybridized carbons (Fsp3) is 0.861. The van der Waals surface area contributed by atoms with E-state index >= 15 is 0 Å². The fourth-order valence-corrected chi connectivity index (χ4v) is 12.4. The molecular weight excluding hydrogens is 548 g/mol. The summed E-state index contributed by atoms with van der Waals surface area (Å²) in [6.45, 7) is 22.1. The van der Waals surface area contributed by atoms with Crippen molar-refractivity contribution < 1.29 is 24.2 Å². The molecule has 236 valence electrons. The van der Waals surface area contributed by atoms with Crippen molar-refractivity contribution in [2.45, 2.75) is 132 Å². The van der Waals surface area contributed by atoms with E-state index in [4.69, 9.17) is 16.3 Å². The van der Waals surface area contributed by atoms with Crippen molar-refractivity contribution in [3.8, 4) is 0 Å². The third-order valence-electron chi connectivity index (χ3n) is 14.8. The van der Waals surface area contributed by atoms with E-state index in [1.165, 1.54) is 5.57 Å². The van der Waals surface area contributed by atoms with Gasteiger partial charge >= 0.3 is 11.9 Å². The lowest BCUT2D eigenvalue weighted by atomic mass is 9.32. The molecule has 5 fully saturated rings. The second-order valence-electron chi connectivity index (χ2n) is 17.3. The van der Waals surface area contributed by atoms with Crippen LogP contribution in [0.2, 0.25) is 0 Å². The van der Waals surface area contributed by atoms with Crippen LogP contribution in [0.25, 0.3) is 0 Å². The molecule has 0 aromatic carbocycles. The first-order valence-corrected chi connectivity index (χ1v) is 16.9. The smallest absolute Gasteiger partial charge is 0.309 e. The van der Waals surface area contributed by atoms with Gasteiger partial charge in [0.05, 0.1) is 11.8 Å². The SMILES string of the molecule is C=C(C)C1CC[C@]2(C(=O)O)CC[C@]3(C)C(CCC4[C@@]5(C)CC[C@H](OC(=O)CC(C)(C)C(=O)Cl)C(C)(C)C5CC[C@]43C)C12. The Hall–Kier alpha value is -1.36. The van der Waals surface area contributed by atoms with E-state index in [1.807, 2.05) is 0 Å². The van der Waals surface area contributed by atoms with Crippen LogP contribution >= 0.6 is 11.6 Å². The summed E-state index contributed by atoms with van der Waals surface area (Å²) in [7, 11) is 0. The van der Waals surface area contributed by atoms with Gasteiger partial charge in [0.2, 0.25) is 5.24 Å². The van der Waals surface area contributed by atoms with Crippen molar-refractivity contribution in [1.29, 1.82) is 0 Å². The van der Waals surface area contributed by atoms with Crippen molar-refractivity contribution in [1.82, 2.24) is 0 Å². The van der Waals surface area contributed by atoms with Gasteiger partial charge in [-0.3, -0.25) is 14.4 Å². The van der Waals surface area contributed by atoms with Crippen LogP contribution in [0.5, 0.6) is 0 Å². The zero-order valence-electron chi connectivity index (χ0n) is 27.4. The highest BCUT2D eigenvalue weighted by Gasteiger charge is 2.72. The topological polar surface area (TPSA) is 80.7 Å². The molecule has 0 bridgehead atoms. The number of esters is 1. The number of fused-ring (bicyclic) bond motifs is 7. The van der Waals surface area contributed by atoms with Crippen molar-refractivity contribution >= 4 is 28.8 Å². The number of carboxylic acid groups (broad SMARTS) is 1. The monoisotopic (exact) mass is 602 g/mol. The number of halogens is 1. The van der Waals surface area contributed by atoms with Gasteiger partial charge in [-0.25, -0.2) is 0 Å². The molecule has 0 aliphatic heterocycles. The second kappa shape index (κ2) is 10.1. The Morgan fingerprint density at radius 2 is 1.55 bits per heavy atom. The zero-order valence-corrected chi connectivity index (χ0v) is 28.2. The molecule has 5 unspecified atom stereocenters. The first kappa shape index (κ1) is 32.0. The molecule has 0 amide bonds. The lowest BCUT2D eigenvalue weighted by Crippen LogP contribution is -2.67. The molecule has 0 aromatic rings. The van der Waals surface area contributed by atoms with Crippen LogP contribution in [0.3, 0.4) is 0 Å². The van der Waals surface area contributed by atoms with E-state index in [-0.39, 0.29) is 46.1 Å². The molecule has 5 saturated carbocycles. The molecule has 0 radical (unpaired) electrons. The van der Waals surface area contributed by atoms with Gasteiger partial charge in [-0.15, -0.1) is 0 Å². The normalized spacial score (nSPS) is 45.9. The highest BCUT2D eigenvalue weighted by Crippen LogP contribution is 2.77. The van der Waals surface area contributed by atoms with Crippen LogP contribution in [0, 0.1) is 62.1 Å². The van der Waals surface area contributed by atoms with Gasteiger partial charge in [0, 0.05) is 10.8 Å². The molecule has 1 N–H and O–H groups in total. The van der Waals surface area contributed by atoms with E-state index in [0.29, 0.717) is 23.7 Å². The lowest BCUT2D eigenvalue weighted by molar-refractivity contribution is -0.250. The molecule has 5 rings (SSSR count). The Labute approximate surface area is 258 Å². The first-order chi connectivity index (χ1) is 19.3. The summed E-state index contributed by atoms with van der Waals surface area (Å²) < 4.78 is 6.15. The number of hydrogen-bond donors (Lipinski definition) is 1. The molecule has 0 heterocycles. The summed E-state index contributed by atoms with van der Waals surface area (Å²) in [6.07, 6.45) is 9.68. The number of carboxylic acids is 1. The average Bonchev–Trinajstić information content (AvgIpc) is 3.27. The predicted molar refractivity (Wildman–Crippen MR) is 166 cm³/mol. The van der Waals surface area contributed by atoms with Gasteiger partial charge in [0.1, 0.15) is 6.10 Å². The standard InChI is InChI=1S/C36H55ClO5/c1-21(2)22-12-17-36(30(40)41)19-18-34(8)23(28(22)36)10-11-25-33(7)15-14-26(42-27(38)20-31(3,4)29(37)39)32(5,6)24(33)13-16-35(25,34)9/h22-26,28H,1,10-20H2,2-9H3,(H,40,41)/t22?,23?,24?,25?,26-,28?,33-,34+,35+,36-/m0/s1. The van der Waals surface area contributed by atoms with Gasteiger partial charge < -0.3 is 9.84 Å². The Bertz CT molecular complexity index is 1170. The van der Waals surface area contributed by atoms with Crippen LogP contribution in [0.4, 0.5) is 0 Å². The first-order valence-electron chi connectivity index (χ1n) is 16.6. The highest BCUT2D eigenvalue weighted by molar-refractivity contribution is 6.64. The summed E-state index contributed by atoms with van der Waals surface area (Å²) in [5, 5.41) is 10.1. The maximum Gasteiger partial charge on any atom is 0.309 e. The molecule has 0 aromatic heterocycles. The van der Waals surface area contributed by atoms with Crippen molar-refractivity contribution in [2.24, 2.45) is 62.1 Å². The molecule has 0 spiro atoms. The molecule has 42 heavy (non-hydrogen) atoms. The maximum absolute atomic E-state index is 13.0. The number of hydrogen-bond acceptors (Lipinski definition) is 4. The van der Waals surface area contributed by atoms with Crippen molar-refractivity contribution in [2.75, 3.05) is 0 Å². The van der Waals surface area contributed by atoms with Crippen molar-refractivity contribution in [3.05, 3.63) is 12.2 Å². The Balaban J connectivity index is 1.42. The second-order valence-corrected chi connectivity index (χ2v) is 17.7. The van der Waals surface area contributed by atoms with E-state index in [0.717, 1.165) is 64.2 Å². The number of rotatable bonds is 6. The minimum atomic E-state index is -0.937. The Morgan fingerprint density at radius 3 is 2.14 bits per heavy atom. The van der Waals surface area contributed by atoms with E-state index < -0.39 is 22.0 Å². The Kier molecular flexibility index (Phi) is 7.69. The third kappa shape index (κ3) is 4.31. The average molecular weight is 603 g/mol. The van der Waals surface area contributed by atoms with E-state index in [9.17, 15) is 19.5 Å². The quantitative estimate of drug-likeness (QED) is 0.187. The Morgan fingerprint density at radius 1 is 0.881 bits per heavy atom. The van der Waals surface area contributed by atoms with Gasteiger partial charge in [0.25, 0.3) is 0 Å². The largest absolute Gasteiger partial charge is 0.481 e. The highest BCUT2D eigenvalue weighted by atomic mass is 35.5. The summed E-state index contributed by atoms with van der Waals surface area (Å²) in [4.78, 5) is 37.7. The minimum absolute atomic E-state index is 0.00549. The zero-order chi connectivity index (χ0) is 31.3. The van der Waals surface area contributed by atoms with Crippen LogP contribution in [0.15, 0.2) is 12.2 Å². The lowest BCUT2D eigenvalue weighted by Gasteiger charge is -2.72. The predicted octanol–water partition coefficient (Wildman–Crippen LogP) is 8.82. The van der Waals surface area contributed by atoms with E-state index in [1.54, 1.807) is 13.8 Å². The number of aliphatic carboxylic acids is 1. The maximum atomic E-state index is 13.0. The third-order valence-corrected chi connectivity index (χ3v) is 15.3. The number of carbonyl (C=O) groups excluding carboxylic acids is 2. The number of carbonyl (C=O) groups is 3. The fourth-order valence-electron chi connectivity index (χ4n) is 12.3. The molecule has 5 aliphatic rings. The molecular formula is C36H55ClO5. The van der Waals surface area contributed by atoms with E-state index in [2.05, 4.69) is 48.1 Å². The summed E-state index contributed by atoms with van der Waals surface area (Å²) in [6, 6.07) is 0. The van der Waals surface area contributed by atoms with Gasteiger partial charge in [-0.1, -0.05) is 60.6 Å². The number of allylic oxidation sites excluding steroid dienone is 1. The number of ether oxygens (including phenoxy) is 1.